The van der Waals surface area contributed by atoms with Gasteiger partial charge in [0.1, 0.15) is 5.72 Å². The van der Waals surface area contributed by atoms with Crippen molar-refractivity contribution in [1.29, 1.82) is 0 Å². The highest BCUT2D eigenvalue weighted by Gasteiger charge is 2.36. The number of hydrogen-bond donors (Lipinski definition) is 1. The maximum Gasteiger partial charge on any atom is 0.416 e. The molecule has 2 nitrogen and oxygen atoms in total. The summed E-state index contributed by atoms with van der Waals surface area (Å²) >= 11 is 0. The van der Waals surface area contributed by atoms with Crippen LogP contribution in [-0.2, 0) is 17.3 Å². The van der Waals surface area contributed by atoms with E-state index in [-0.39, 0.29) is 5.41 Å². The summed E-state index contributed by atoms with van der Waals surface area (Å²) in [7, 11) is 0. The Bertz CT molecular complexity index is 472. The molecule has 0 saturated carbocycles. The number of nitrogens with one attached hydrogen (secondary N) is 1. The van der Waals surface area contributed by atoms with Gasteiger partial charge in [-0.2, -0.15) is 13.2 Å². The van der Waals surface area contributed by atoms with E-state index in [0.717, 1.165) is 12.6 Å². The molecule has 0 radical (unpaired) electrons. The summed E-state index contributed by atoms with van der Waals surface area (Å²) in [5.41, 5.74) is -0.558. The van der Waals surface area contributed by atoms with Crippen molar-refractivity contribution in [1.82, 2.24) is 5.32 Å². The third-order valence-corrected chi connectivity index (χ3v) is 3.52. The molecule has 112 valence electrons. The Morgan fingerprint density at radius 1 is 1.25 bits per heavy atom. The number of hydrogen-bond acceptors (Lipinski definition) is 2. The van der Waals surface area contributed by atoms with Gasteiger partial charge in [-0.1, -0.05) is 32.0 Å². The fourth-order valence-corrected chi connectivity index (χ4v) is 2.24. The molecule has 0 amide bonds. The van der Waals surface area contributed by atoms with Gasteiger partial charge in [0, 0.05) is 18.4 Å². The fraction of sp³-hybridized carbons (Fsp3) is 0.600. The first kappa shape index (κ1) is 15.3. The van der Waals surface area contributed by atoms with Crippen molar-refractivity contribution in [3.05, 3.63) is 35.4 Å². The van der Waals surface area contributed by atoms with Gasteiger partial charge in [-0.15, -0.1) is 0 Å². The highest BCUT2D eigenvalue weighted by molar-refractivity contribution is 5.26. The Morgan fingerprint density at radius 2 is 1.95 bits per heavy atom. The van der Waals surface area contributed by atoms with Gasteiger partial charge in [-0.25, -0.2) is 0 Å². The molecular weight excluding hydrogens is 267 g/mol. The van der Waals surface area contributed by atoms with Gasteiger partial charge in [0.05, 0.1) is 12.2 Å². The van der Waals surface area contributed by atoms with Crippen LogP contribution in [0.25, 0.3) is 0 Å². The minimum atomic E-state index is -4.31. The van der Waals surface area contributed by atoms with Crippen molar-refractivity contribution < 1.29 is 17.9 Å². The second-order valence-electron chi connectivity index (χ2n) is 6.41. The van der Waals surface area contributed by atoms with Gasteiger partial charge >= 0.3 is 6.18 Å². The SMILES string of the molecule is CC1(C)CNC(C)(Cc2cccc(C(F)(F)F)c2)OC1. The lowest BCUT2D eigenvalue weighted by Crippen LogP contribution is -2.56. The lowest BCUT2D eigenvalue weighted by Gasteiger charge is -2.42. The number of alkyl halides is 3. The molecule has 1 atom stereocenters. The normalized spacial score (nSPS) is 26.5. The molecule has 2 rings (SSSR count). The molecule has 1 heterocycles. The van der Waals surface area contributed by atoms with Gasteiger partial charge in [0.15, 0.2) is 0 Å². The molecule has 1 aromatic carbocycles. The van der Waals surface area contributed by atoms with Crippen LogP contribution in [-0.4, -0.2) is 18.9 Å². The third kappa shape index (κ3) is 3.73. The van der Waals surface area contributed by atoms with E-state index in [1.54, 1.807) is 6.07 Å². The van der Waals surface area contributed by atoms with Crippen LogP contribution in [0, 0.1) is 5.41 Å². The molecule has 1 fully saturated rings. The molecule has 1 aliphatic rings. The third-order valence-electron chi connectivity index (χ3n) is 3.52. The largest absolute Gasteiger partial charge is 0.416 e. The van der Waals surface area contributed by atoms with Crippen LogP contribution in [0.2, 0.25) is 0 Å². The lowest BCUT2D eigenvalue weighted by molar-refractivity contribution is -0.138. The van der Waals surface area contributed by atoms with Crippen molar-refractivity contribution in [2.24, 2.45) is 5.41 Å². The molecule has 0 spiro atoms. The summed E-state index contributed by atoms with van der Waals surface area (Å²) in [5.74, 6) is 0. The second-order valence-corrected chi connectivity index (χ2v) is 6.41. The van der Waals surface area contributed by atoms with Crippen molar-refractivity contribution in [3.8, 4) is 0 Å². The standard InChI is InChI=1S/C15H20F3NO/c1-13(2)9-19-14(3,20-10-13)8-11-5-4-6-12(7-11)15(16,17)18/h4-7,19H,8-10H2,1-3H3. The van der Waals surface area contributed by atoms with Crippen molar-refractivity contribution in [2.45, 2.75) is 39.1 Å². The van der Waals surface area contributed by atoms with Gasteiger partial charge in [0.25, 0.3) is 0 Å². The van der Waals surface area contributed by atoms with E-state index in [4.69, 9.17) is 4.74 Å². The summed E-state index contributed by atoms with van der Waals surface area (Å²) in [4.78, 5) is 0. The molecule has 1 N–H and O–H groups in total. The zero-order chi connectivity index (χ0) is 15.0. The molecule has 20 heavy (non-hydrogen) atoms. The lowest BCUT2D eigenvalue weighted by atomic mass is 9.90. The number of rotatable bonds is 2. The van der Waals surface area contributed by atoms with Gasteiger partial charge in [0.2, 0.25) is 0 Å². The predicted octanol–water partition coefficient (Wildman–Crippen LogP) is 3.61. The molecule has 0 aliphatic carbocycles. The smallest absolute Gasteiger partial charge is 0.360 e. The number of halogens is 3. The van der Waals surface area contributed by atoms with Crippen molar-refractivity contribution >= 4 is 0 Å². The first-order valence-electron chi connectivity index (χ1n) is 6.65. The highest BCUT2D eigenvalue weighted by atomic mass is 19.4. The van der Waals surface area contributed by atoms with Crippen molar-refractivity contribution in [3.63, 3.8) is 0 Å². The second kappa shape index (κ2) is 5.04. The van der Waals surface area contributed by atoms with E-state index in [1.807, 2.05) is 6.92 Å². The Kier molecular flexibility index (Phi) is 3.86. The minimum absolute atomic E-state index is 0.0489. The van der Waals surface area contributed by atoms with Crippen LogP contribution >= 0.6 is 0 Å². The minimum Gasteiger partial charge on any atom is -0.360 e. The Hall–Kier alpha value is -1.07. The fourth-order valence-electron chi connectivity index (χ4n) is 2.24. The number of benzene rings is 1. The van der Waals surface area contributed by atoms with Crippen LogP contribution < -0.4 is 5.32 Å². The predicted molar refractivity (Wildman–Crippen MR) is 71.3 cm³/mol. The zero-order valence-corrected chi connectivity index (χ0v) is 12.0. The summed E-state index contributed by atoms with van der Waals surface area (Å²) in [6.07, 6.45) is -3.90. The zero-order valence-electron chi connectivity index (χ0n) is 12.0. The molecule has 1 saturated heterocycles. The molecule has 5 heteroatoms. The van der Waals surface area contributed by atoms with Gasteiger partial charge in [-0.05, 0) is 18.6 Å². The van der Waals surface area contributed by atoms with Crippen LogP contribution in [0.3, 0.4) is 0 Å². The first-order chi connectivity index (χ1) is 9.10. The molecule has 0 bridgehead atoms. The average Bonchev–Trinajstić information content (AvgIpc) is 2.33. The van der Waals surface area contributed by atoms with Crippen LogP contribution in [0.4, 0.5) is 13.2 Å². The van der Waals surface area contributed by atoms with E-state index < -0.39 is 17.5 Å². The number of ether oxygens (including phenoxy) is 1. The van der Waals surface area contributed by atoms with E-state index in [1.165, 1.54) is 12.1 Å². The topological polar surface area (TPSA) is 21.3 Å². The molecule has 1 unspecified atom stereocenters. The van der Waals surface area contributed by atoms with Crippen LogP contribution in [0.5, 0.6) is 0 Å². The maximum absolute atomic E-state index is 12.7. The first-order valence-corrected chi connectivity index (χ1v) is 6.65. The molecular formula is C15H20F3NO. The Labute approximate surface area is 117 Å². The Balaban J connectivity index is 2.11. The van der Waals surface area contributed by atoms with E-state index in [0.29, 0.717) is 18.6 Å². The highest BCUT2D eigenvalue weighted by Crippen LogP contribution is 2.31. The van der Waals surface area contributed by atoms with Gasteiger partial charge < -0.3 is 4.74 Å². The molecule has 1 aliphatic heterocycles. The van der Waals surface area contributed by atoms with Gasteiger partial charge in [-0.3, -0.25) is 5.32 Å². The Morgan fingerprint density at radius 3 is 2.50 bits per heavy atom. The molecule has 1 aromatic rings. The van der Waals surface area contributed by atoms with E-state index in [9.17, 15) is 13.2 Å². The van der Waals surface area contributed by atoms with Crippen LogP contribution in [0.1, 0.15) is 31.9 Å². The quantitative estimate of drug-likeness (QED) is 0.897. The summed E-state index contributed by atoms with van der Waals surface area (Å²) in [6, 6.07) is 5.42. The summed E-state index contributed by atoms with van der Waals surface area (Å²) in [5, 5.41) is 3.29. The maximum atomic E-state index is 12.7. The molecule has 0 aromatic heterocycles. The summed E-state index contributed by atoms with van der Waals surface area (Å²) in [6.45, 7) is 7.42. The summed E-state index contributed by atoms with van der Waals surface area (Å²) < 4.78 is 43.9. The van der Waals surface area contributed by atoms with E-state index in [2.05, 4.69) is 19.2 Å². The van der Waals surface area contributed by atoms with Crippen molar-refractivity contribution in [2.75, 3.05) is 13.2 Å². The van der Waals surface area contributed by atoms with E-state index >= 15 is 0 Å². The van der Waals surface area contributed by atoms with Crippen LogP contribution in [0.15, 0.2) is 24.3 Å². The average molecular weight is 287 g/mol. The monoisotopic (exact) mass is 287 g/mol.